The highest BCUT2D eigenvalue weighted by atomic mass is 19.4. The van der Waals surface area contributed by atoms with Gasteiger partial charge < -0.3 is 83.8 Å². The Labute approximate surface area is 624 Å². The molecule has 4 aliphatic rings. The smallest absolute Gasteiger partial charge is 0.416 e. The van der Waals surface area contributed by atoms with E-state index < -0.39 is 23.7 Å². The third-order valence-electron chi connectivity index (χ3n) is 18.0. The molecule has 4 amide bonds. The number of likely N-dealkylation sites (tertiary alicyclic amines) is 1. The number of likely N-dealkylation sites (N-methyl/N-ethyl adjacent to an activating group) is 1. The monoisotopic (exact) mass is 1480 g/mol. The minimum atomic E-state index is -4.47. The van der Waals surface area contributed by atoms with Crippen LogP contribution in [0.3, 0.4) is 0 Å². The Hall–Kier alpha value is -11.9. The van der Waals surface area contributed by atoms with Crippen LogP contribution in [0.5, 0.6) is 28.7 Å². The first-order valence-electron chi connectivity index (χ1n) is 35.2. The predicted octanol–water partition coefficient (Wildman–Crippen LogP) is 7.62. The summed E-state index contributed by atoms with van der Waals surface area (Å²) in [6, 6.07) is 54.4. The number of rotatable bonds is 25. The summed E-state index contributed by atoms with van der Waals surface area (Å²) in [4.78, 5) is 56.2. The molecule has 0 saturated carbocycles. The summed E-state index contributed by atoms with van der Waals surface area (Å²) < 4.78 is 67.2. The molecule has 0 bridgehead atoms. The molecule has 4 aliphatic heterocycles. The van der Waals surface area contributed by atoms with Crippen molar-refractivity contribution in [2.24, 2.45) is 22.9 Å². The molecule has 8 aromatic rings. The Morgan fingerprint density at radius 3 is 1.43 bits per heavy atom. The summed E-state index contributed by atoms with van der Waals surface area (Å²) >= 11 is 0. The van der Waals surface area contributed by atoms with Crippen molar-refractivity contribution in [2.75, 3.05) is 45.2 Å². The van der Waals surface area contributed by atoms with E-state index in [1.807, 2.05) is 111 Å². The number of amidine groups is 4. The Balaban J connectivity index is 0.000000166. The molecule has 12 rings (SSSR count). The SMILES string of the molecule is CCN1C[C@H](Oc2cccc(C(=N)N)c2)C[C@H]1C(=O)NCc1ccc(OC)cc1.C[C@H](NC(=O)[C@@H]1C[C@@H](Oc2cccc(C(=N)N)c2)CN1)c1ccccc1.N=C(N)c1cccc(OC2CN[C@H](C(=O)Nc3cccc(C(F)(F)F)c3)C2)c1.N=C(N)c1cccc(O[C@H]2CN[C@H](C(=O)NCc3ccccn3)C2)c1. The minimum absolute atomic E-state index is 0.00164. The summed E-state index contributed by atoms with van der Waals surface area (Å²) in [5.41, 5.74) is 26.6. The number of aromatic nitrogens is 1. The summed E-state index contributed by atoms with van der Waals surface area (Å²) in [5, 5.41) is 50.8. The number of nitrogens with zero attached hydrogens (tertiary/aromatic N) is 2. The van der Waals surface area contributed by atoms with Crippen LogP contribution in [0.2, 0.25) is 0 Å². The van der Waals surface area contributed by atoms with Gasteiger partial charge in [-0.1, -0.05) is 110 Å². The second-order valence-corrected chi connectivity index (χ2v) is 26.0. The van der Waals surface area contributed by atoms with Crippen molar-refractivity contribution in [3.05, 3.63) is 245 Å². The molecule has 1 aromatic heterocycles. The third-order valence-corrected chi connectivity index (χ3v) is 18.0. The van der Waals surface area contributed by atoms with Crippen molar-refractivity contribution in [1.29, 1.82) is 21.6 Å². The number of halogens is 3. The van der Waals surface area contributed by atoms with Gasteiger partial charge in [0.15, 0.2) is 0 Å². The largest absolute Gasteiger partial charge is 0.497 e. The van der Waals surface area contributed by atoms with Gasteiger partial charge in [-0.3, -0.25) is 50.7 Å². The zero-order chi connectivity index (χ0) is 77.3. The first-order valence-corrected chi connectivity index (χ1v) is 35.2. The van der Waals surface area contributed by atoms with Crippen LogP contribution in [0.4, 0.5) is 18.9 Å². The number of anilines is 1. The fourth-order valence-corrected chi connectivity index (χ4v) is 12.3. The topological polar surface area (TPSA) is 414 Å². The van der Waals surface area contributed by atoms with E-state index in [0.29, 0.717) is 110 Å². The number of nitrogens with one attached hydrogen (secondary N) is 11. The van der Waals surface area contributed by atoms with Crippen LogP contribution in [0.25, 0.3) is 0 Å². The summed E-state index contributed by atoms with van der Waals surface area (Å²) in [7, 11) is 1.63. The van der Waals surface area contributed by atoms with E-state index in [1.165, 1.54) is 12.1 Å². The summed E-state index contributed by atoms with van der Waals surface area (Å²) in [6.07, 6.45) is -1.20. The number of methoxy groups -OCH3 is 1. The molecule has 19 N–H and O–H groups in total. The summed E-state index contributed by atoms with van der Waals surface area (Å²) in [6.45, 7) is 7.95. The summed E-state index contributed by atoms with van der Waals surface area (Å²) in [5.74, 6) is 2.72. The Morgan fingerprint density at radius 1 is 0.519 bits per heavy atom. The molecule has 4 fully saturated rings. The fraction of sp³-hybridized carbons (Fsp3) is 0.304. The van der Waals surface area contributed by atoms with Crippen LogP contribution >= 0.6 is 0 Å². The van der Waals surface area contributed by atoms with Gasteiger partial charge in [-0.25, -0.2) is 0 Å². The third kappa shape index (κ3) is 24.3. The molecule has 0 spiro atoms. The zero-order valence-corrected chi connectivity index (χ0v) is 60.0. The number of hydrogen-bond donors (Lipinski definition) is 15. The maximum absolute atomic E-state index is 12.8. The second-order valence-electron chi connectivity index (χ2n) is 26.0. The van der Waals surface area contributed by atoms with Crippen LogP contribution in [-0.2, 0) is 38.4 Å². The van der Waals surface area contributed by atoms with E-state index in [0.717, 1.165) is 41.2 Å². The standard InChI is InChI=1S/C22H28N4O3.C20H24N4O2.C19H19F3N4O2.C18H21N5O2/c1-3-26-14-19(29-18-6-4-5-16(11-18)21(23)24)12-20(26)22(27)25-13-15-7-9-17(28-2)10-8-15;1-13(14-6-3-2-4-7-14)24-20(25)18-11-17(12-23-18)26-16-9-5-8-15(10-16)19(21)22;20-19(21,22)12-4-2-5-13(8-12)26-18(27)16-9-15(10-25-16)28-14-6-1-3-11(7-14)17(23)24;19-17(20)12-4-3-6-14(8-12)25-15-9-16(22-11-15)18(24)23-10-13-5-1-2-7-21-13/h4-11,19-20H,3,12-14H2,1-2H3,(H3,23,24)(H,25,27);2-10,13,17-18,23H,11-12H2,1H3,(H3,21,22)(H,24,25);1-8,15-16,25H,9-10H2,(H3,23,24)(H,26,27);1-8,15-16,22H,9-11H2,(H3,19,20)(H,23,24)/t19-,20+;13-,17+,18-;15?,16-;15-,16+/m1001/s1. The second kappa shape index (κ2) is 38.9. The molecule has 0 aliphatic carbocycles. The van der Waals surface area contributed by atoms with Crippen molar-refractivity contribution in [3.63, 3.8) is 0 Å². The lowest BCUT2D eigenvalue weighted by Gasteiger charge is -2.21. The number of nitrogen functional groups attached to an aromatic ring is 4. The van der Waals surface area contributed by atoms with Crippen molar-refractivity contribution in [2.45, 2.75) is 113 Å². The van der Waals surface area contributed by atoms with Crippen molar-refractivity contribution in [3.8, 4) is 28.7 Å². The van der Waals surface area contributed by atoms with Gasteiger partial charge in [-0.05, 0) is 116 Å². The maximum atomic E-state index is 12.8. The van der Waals surface area contributed by atoms with Crippen LogP contribution in [0.15, 0.2) is 200 Å². The number of hydrogen-bond acceptors (Lipinski definition) is 18. The zero-order valence-electron chi connectivity index (χ0n) is 60.0. The van der Waals surface area contributed by atoms with Gasteiger partial charge in [0.1, 0.15) is 76.5 Å². The molecule has 5 heterocycles. The van der Waals surface area contributed by atoms with Crippen LogP contribution in [-0.4, -0.2) is 145 Å². The van der Waals surface area contributed by atoms with Gasteiger partial charge in [0.05, 0.1) is 55.1 Å². The predicted molar refractivity (Wildman–Crippen MR) is 406 cm³/mol. The Kier molecular flexibility index (Phi) is 28.9. The molecule has 29 heteroatoms. The molecule has 568 valence electrons. The maximum Gasteiger partial charge on any atom is 0.416 e. The number of benzene rings is 7. The van der Waals surface area contributed by atoms with E-state index in [4.69, 9.17) is 68.3 Å². The van der Waals surface area contributed by atoms with E-state index in [2.05, 4.69) is 47.1 Å². The van der Waals surface area contributed by atoms with Gasteiger partial charge >= 0.3 is 6.18 Å². The number of ether oxygens (including phenoxy) is 5. The first-order chi connectivity index (χ1) is 51.9. The van der Waals surface area contributed by atoms with Crippen molar-refractivity contribution < 1.29 is 56.0 Å². The van der Waals surface area contributed by atoms with E-state index in [9.17, 15) is 32.3 Å². The lowest BCUT2D eigenvalue weighted by atomic mass is 10.1. The van der Waals surface area contributed by atoms with Gasteiger partial charge in [-0.2, -0.15) is 13.2 Å². The molecule has 26 nitrogen and oxygen atoms in total. The molecule has 108 heavy (non-hydrogen) atoms. The van der Waals surface area contributed by atoms with E-state index in [-0.39, 0.29) is 95.3 Å². The Morgan fingerprint density at radius 2 is 0.972 bits per heavy atom. The number of carbonyl (C=O) groups excluding carboxylic acids is 4. The number of pyridine rings is 1. The van der Waals surface area contributed by atoms with Gasteiger partial charge in [-0.15, -0.1) is 0 Å². The molecular formula is C79H92F3N17O9. The van der Waals surface area contributed by atoms with Crippen LogP contribution < -0.4 is 83.8 Å². The molecule has 7 aromatic carbocycles. The van der Waals surface area contributed by atoms with Crippen LogP contribution in [0.1, 0.15) is 90.2 Å². The lowest BCUT2D eigenvalue weighted by Crippen LogP contribution is -2.42. The molecule has 9 atom stereocenters. The highest BCUT2D eigenvalue weighted by Crippen LogP contribution is 2.32. The molecular weight excluding hydrogens is 1390 g/mol. The first kappa shape index (κ1) is 80.2. The normalized spacial score (nSPS) is 19.5. The van der Waals surface area contributed by atoms with Crippen molar-refractivity contribution in [1.82, 2.24) is 41.8 Å². The number of carbonyl (C=O) groups is 4. The molecule has 1 unspecified atom stereocenters. The minimum Gasteiger partial charge on any atom is -0.497 e. The average Bonchev–Trinajstić information content (AvgIpc) is 1.53. The molecule has 0 radical (unpaired) electrons. The fourth-order valence-electron chi connectivity index (χ4n) is 12.3. The van der Waals surface area contributed by atoms with Gasteiger partial charge in [0.2, 0.25) is 23.6 Å². The van der Waals surface area contributed by atoms with Crippen LogP contribution in [0, 0.1) is 21.6 Å². The van der Waals surface area contributed by atoms with E-state index in [1.54, 1.807) is 86.1 Å². The number of amides is 4. The number of nitrogens with two attached hydrogens (primary N) is 4. The van der Waals surface area contributed by atoms with E-state index >= 15 is 0 Å². The average molecular weight is 1480 g/mol. The lowest BCUT2D eigenvalue weighted by molar-refractivity contribution is -0.137. The number of alkyl halides is 3. The highest BCUT2D eigenvalue weighted by molar-refractivity contribution is 5.97. The van der Waals surface area contributed by atoms with Gasteiger partial charge in [0, 0.05) is 92.5 Å². The quantitative estimate of drug-likeness (QED) is 0.0193. The highest BCUT2D eigenvalue weighted by Gasteiger charge is 2.38. The van der Waals surface area contributed by atoms with Gasteiger partial charge in [0.25, 0.3) is 0 Å². The molecule has 4 saturated heterocycles. The Bertz CT molecular complexity index is 4370. The van der Waals surface area contributed by atoms with Crippen molar-refractivity contribution >= 4 is 52.7 Å².